The van der Waals surface area contributed by atoms with Crippen LogP contribution < -0.4 is 16.2 Å². The van der Waals surface area contributed by atoms with Crippen molar-refractivity contribution in [3.63, 3.8) is 0 Å². The summed E-state index contributed by atoms with van der Waals surface area (Å²) in [5.74, 6) is 0.918. The summed E-state index contributed by atoms with van der Waals surface area (Å²) in [5, 5.41) is 7.12. The Bertz CT molecular complexity index is 1520. The van der Waals surface area contributed by atoms with Crippen molar-refractivity contribution in [1.82, 2.24) is 29.6 Å². The Hall–Kier alpha value is -3.59. The van der Waals surface area contributed by atoms with E-state index in [2.05, 4.69) is 32.7 Å². The lowest BCUT2D eigenvalue weighted by Crippen LogP contribution is -2.30. The van der Waals surface area contributed by atoms with Gasteiger partial charge in [0.25, 0.3) is 5.56 Å². The lowest BCUT2D eigenvalue weighted by atomic mass is 9.79. The molecule has 0 radical (unpaired) electrons. The molecule has 178 valence electrons. The van der Waals surface area contributed by atoms with E-state index in [0.717, 1.165) is 44.5 Å². The number of fused-ring (bicyclic) bond motifs is 2. The zero-order chi connectivity index (χ0) is 23.6. The molecule has 35 heavy (non-hydrogen) atoms. The van der Waals surface area contributed by atoms with Gasteiger partial charge < -0.3 is 10.6 Å². The van der Waals surface area contributed by atoms with Crippen LogP contribution in [-0.2, 0) is 18.6 Å². The Labute approximate surface area is 201 Å². The Morgan fingerprint density at radius 1 is 1.11 bits per heavy atom. The van der Waals surface area contributed by atoms with Crippen LogP contribution in [0.4, 0.5) is 16.0 Å². The predicted molar refractivity (Wildman–Crippen MR) is 131 cm³/mol. The minimum Gasteiger partial charge on any atom is -0.324 e. The van der Waals surface area contributed by atoms with E-state index in [9.17, 15) is 4.79 Å². The molecule has 0 atom stereocenters. The number of alkyl halides is 1. The number of pyridine rings is 1. The molecule has 0 unspecified atom stereocenters. The Balaban J connectivity index is 1.33. The number of nitrogens with zero attached hydrogens (tertiary/aromatic N) is 5. The second-order valence-electron chi connectivity index (χ2n) is 9.86. The van der Waals surface area contributed by atoms with Gasteiger partial charge in [0.1, 0.15) is 5.39 Å². The summed E-state index contributed by atoms with van der Waals surface area (Å²) in [6, 6.07) is 11.7. The van der Waals surface area contributed by atoms with E-state index in [0.29, 0.717) is 41.3 Å². The second-order valence-corrected chi connectivity index (χ2v) is 9.86. The molecule has 2 aliphatic carbocycles. The van der Waals surface area contributed by atoms with E-state index in [4.69, 9.17) is 4.98 Å². The third-order valence-electron chi connectivity index (χ3n) is 7.42. The number of rotatable bonds is 5. The zero-order valence-corrected chi connectivity index (χ0v) is 19.3. The molecule has 3 aliphatic rings. The number of aromatic nitrogens is 5. The van der Waals surface area contributed by atoms with Gasteiger partial charge in [0.15, 0.2) is 17.1 Å². The molecule has 3 aromatic heterocycles. The maximum absolute atomic E-state index is 15.2. The molecule has 1 aromatic carbocycles. The summed E-state index contributed by atoms with van der Waals surface area (Å²) in [7, 11) is 0. The quantitative estimate of drug-likeness (QED) is 0.457. The fourth-order valence-corrected chi connectivity index (χ4v) is 5.15. The Morgan fingerprint density at radius 3 is 2.80 bits per heavy atom. The summed E-state index contributed by atoms with van der Waals surface area (Å²) in [6.45, 7) is 1.84. The fraction of sp³-hybridized carbons (Fsp3) is 0.385. The van der Waals surface area contributed by atoms with Crippen molar-refractivity contribution in [3.8, 4) is 5.82 Å². The molecule has 9 heteroatoms. The van der Waals surface area contributed by atoms with Gasteiger partial charge in [-0.15, -0.1) is 0 Å². The number of halogens is 1. The Morgan fingerprint density at radius 2 is 2.00 bits per heavy atom. The number of hydrogen-bond donors (Lipinski definition) is 2. The first-order valence-corrected chi connectivity index (χ1v) is 12.4. The monoisotopic (exact) mass is 471 g/mol. The maximum atomic E-state index is 15.2. The van der Waals surface area contributed by atoms with E-state index in [-0.39, 0.29) is 11.6 Å². The number of benzene rings is 1. The van der Waals surface area contributed by atoms with Crippen LogP contribution in [0.15, 0.2) is 47.4 Å². The van der Waals surface area contributed by atoms with Crippen molar-refractivity contribution in [3.05, 3.63) is 69.8 Å². The number of anilines is 2. The molecule has 4 aromatic rings. The highest BCUT2D eigenvalue weighted by Gasteiger charge is 2.40. The van der Waals surface area contributed by atoms with Crippen LogP contribution >= 0.6 is 0 Å². The van der Waals surface area contributed by atoms with Crippen LogP contribution in [0.3, 0.4) is 0 Å². The molecule has 0 saturated heterocycles. The molecular weight excluding hydrogens is 445 g/mol. The highest BCUT2D eigenvalue weighted by atomic mass is 19.1. The fourth-order valence-electron chi connectivity index (χ4n) is 5.15. The zero-order valence-electron chi connectivity index (χ0n) is 19.3. The van der Waals surface area contributed by atoms with Crippen LogP contribution in [0, 0.1) is 0 Å². The average Bonchev–Trinajstić information content (AvgIpc) is 3.66. The van der Waals surface area contributed by atoms with Crippen molar-refractivity contribution in [2.45, 2.75) is 56.8 Å². The molecule has 0 bridgehead atoms. The summed E-state index contributed by atoms with van der Waals surface area (Å²) >= 11 is 0. The van der Waals surface area contributed by atoms with Crippen molar-refractivity contribution in [1.29, 1.82) is 0 Å². The average molecular weight is 472 g/mol. The molecule has 7 rings (SSSR count). The first-order valence-electron chi connectivity index (χ1n) is 12.4. The highest BCUT2D eigenvalue weighted by molar-refractivity contribution is 5.77. The van der Waals surface area contributed by atoms with Gasteiger partial charge in [-0.25, -0.2) is 23.7 Å². The molecule has 0 spiro atoms. The van der Waals surface area contributed by atoms with Crippen molar-refractivity contribution in [2.75, 3.05) is 11.9 Å². The van der Waals surface area contributed by atoms with Crippen LogP contribution in [-0.4, -0.2) is 30.9 Å². The molecule has 4 heterocycles. The SMILES string of the molecule is O=c1c2cnc(Nc3ccc4c(c3)CCNC4)nc2n(-c2cccc(C3(F)CCC3)n2)n1C1CC1. The first-order chi connectivity index (χ1) is 17.1. The van der Waals surface area contributed by atoms with Gasteiger partial charge >= 0.3 is 0 Å². The summed E-state index contributed by atoms with van der Waals surface area (Å²) < 4.78 is 18.6. The van der Waals surface area contributed by atoms with E-state index in [1.807, 2.05) is 18.2 Å². The van der Waals surface area contributed by atoms with Crippen molar-refractivity contribution in [2.24, 2.45) is 0 Å². The molecule has 0 amide bonds. The number of hydrogen-bond acceptors (Lipinski definition) is 6. The molecule has 2 N–H and O–H groups in total. The molecular formula is C26H26FN7O. The van der Waals surface area contributed by atoms with Crippen molar-refractivity contribution >= 4 is 22.7 Å². The largest absolute Gasteiger partial charge is 0.324 e. The van der Waals surface area contributed by atoms with Crippen LogP contribution in [0.2, 0.25) is 0 Å². The predicted octanol–water partition coefficient (Wildman–Crippen LogP) is 4.05. The van der Waals surface area contributed by atoms with E-state index in [1.54, 1.807) is 21.6 Å². The van der Waals surface area contributed by atoms with Crippen LogP contribution in [0.5, 0.6) is 0 Å². The van der Waals surface area contributed by atoms with Gasteiger partial charge in [-0.05, 0) is 80.5 Å². The van der Waals surface area contributed by atoms with Crippen LogP contribution in [0.25, 0.3) is 16.9 Å². The first kappa shape index (κ1) is 20.8. The van der Waals surface area contributed by atoms with Gasteiger partial charge in [-0.2, -0.15) is 4.98 Å². The minimum absolute atomic E-state index is 0.0934. The Kier molecular flexibility index (Phi) is 4.57. The van der Waals surface area contributed by atoms with E-state index >= 15 is 4.39 Å². The lowest BCUT2D eigenvalue weighted by Gasteiger charge is -2.33. The standard InChI is InChI=1S/C26H26FN7O/c27-26(10-2-11-26)21-3-1-4-22(31-21)34-23-20(24(35)33(34)19-7-8-19)15-29-25(32-23)30-18-6-5-17-14-28-12-9-16(17)13-18/h1,3-6,13,15,19,28H,2,7-12,14H2,(H,29,30,32). The van der Waals surface area contributed by atoms with Gasteiger partial charge in [-0.3, -0.25) is 4.79 Å². The van der Waals surface area contributed by atoms with Gasteiger partial charge in [0.2, 0.25) is 5.95 Å². The third kappa shape index (κ3) is 3.44. The second kappa shape index (κ2) is 7.71. The summed E-state index contributed by atoms with van der Waals surface area (Å²) in [5.41, 5.74) is 2.90. The molecule has 2 fully saturated rings. The molecule has 1 aliphatic heterocycles. The van der Waals surface area contributed by atoms with Crippen molar-refractivity contribution < 1.29 is 4.39 Å². The topological polar surface area (TPSA) is 89.7 Å². The highest BCUT2D eigenvalue weighted by Crippen LogP contribution is 2.44. The molecule has 2 saturated carbocycles. The minimum atomic E-state index is -1.38. The summed E-state index contributed by atoms with van der Waals surface area (Å²) in [4.78, 5) is 27.2. The number of nitrogens with one attached hydrogen (secondary N) is 2. The van der Waals surface area contributed by atoms with Gasteiger partial charge in [0, 0.05) is 18.4 Å². The van der Waals surface area contributed by atoms with Gasteiger partial charge in [0.05, 0.1) is 11.7 Å². The maximum Gasteiger partial charge on any atom is 0.278 e. The summed E-state index contributed by atoms with van der Waals surface area (Å²) in [6.07, 6.45) is 6.24. The lowest BCUT2D eigenvalue weighted by molar-refractivity contribution is 0.0559. The third-order valence-corrected chi connectivity index (χ3v) is 7.42. The van der Waals surface area contributed by atoms with Crippen LogP contribution in [0.1, 0.15) is 55.0 Å². The molecule has 8 nitrogen and oxygen atoms in total. The normalized spacial score (nSPS) is 18.8. The smallest absolute Gasteiger partial charge is 0.278 e. The van der Waals surface area contributed by atoms with E-state index < -0.39 is 5.67 Å². The van der Waals surface area contributed by atoms with E-state index in [1.165, 1.54) is 11.1 Å². The van der Waals surface area contributed by atoms with Gasteiger partial charge in [-0.1, -0.05) is 12.1 Å².